The van der Waals surface area contributed by atoms with Crippen LogP contribution in [0.1, 0.15) is 39.9 Å². The SMILES string of the molecule is O=C(O)c1ccnc(-c2cccc(C(O)(C(=O)OCC3CCN(Cc4ccccc4)CC3)c3ccccc3)c2)c1. The smallest absolute Gasteiger partial charge is 0.347 e. The van der Waals surface area contributed by atoms with Crippen molar-refractivity contribution in [2.24, 2.45) is 5.92 Å². The van der Waals surface area contributed by atoms with Crippen molar-refractivity contribution in [2.75, 3.05) is 19.7 Å². The van der Waals surface area contributed by atoms with Crippen LogP contribution in [-0.4, -0.2) is 51.7 Å². The van der Waals surface area contributed by atoms with Crippen LogP contribution in [-0.2, 0) is 21.7 Å². The molecule has 4 aromatic rings. The molecule has 1 aliphatic rings. The highest BCUT2D eigenvalue weighted by Crippen LogP contribution is 2.34. The molecule has 3 aromatic carbocycles. The van der Waals surface area contributed by atoms with Gasteiger partial charge in [-0.05, 0) is 61.2 Å². The molecule has 204 valence electrons. The summed E-state index contributed by atoms with van der Waals surface area (Å²) in [6.07, 6.45) is 3.24. The number of aromatic carboxylic acids is 1. The van der Waals surface area contributed by atoms with E-state index in [2.05, 4.69) is 34.1 Å². The number of carboxylic acids is 1. The summed E-state index contributed by atoms with van der Waals surface area (Å²) in [5.41, 5.74) is 1.05. The highest BCUT2D eigenvalue weighted by atomic mass is 16.5. The number of carbonyl (C=O) groups excluding carboxylic acids is 1. The van der Waals surface area contributed by atoms with Gasteiger partial charge < -0.3 is 14.9 Å². The summed E-state index contributed by atoms with van der Waals surface area (Å²) >= 11 is 0. The summed E-state index contributed by atoms with van der Waals surface area (Å²) in [6, 6.07) is 28.8. The fourth-order valence-corrected chi connectivity index (χ4v) is 5.16. The van der Waals surface area contributed by atoms with E-state index in [-0.39, 0.29) is 18.1 Å². The van der Waals surface area contributed by atoms with Crippen molar-refractivity contribution in [3.05, 3.63) is 126 Å². The number of aromatic nitrogens is 1. The molecule has 2 N–H and O–H groups in total. The number of likely N-dealkylation sites (tertiary alicyclic amines) is 1. The number of rotatable bonds is 9. The number of piperidine rings is 1. The monoisotopic (exact) mass is 536 g/mol. The second-order valence-corrected chi connectivity index (χ2v) is 10.2. The van der Waals surface area contributed by atoms with E-state index in [1.165, 1.54) is 23.9 Å². The quantitative estimate of drug-likeness (QED) is 0.286. The van der Waals surface area contributed by atoms with E-state index in [4.69, 9.17) is 4.74 Å². The highest BCUT2D eigenvalue weighted by molar-refractivity contribution is 5.89. The third kappa shape index (κ3) is 6.11. The minimum atomic E-state index is -2.05. The van der Waals surface area contributed by atoms with Crippen LogP contribution in [0.3, 0.4) is 0 Å². The van der Waals surface area contributed by atoms with Gasteiger partial charge in [-0.15, -0.1) is 0 Å². The van der Waals surface area contributed by atoms with Gasteiger partial charge in [0.15, 0.2) is 0 Å². The molecule has 7 heteroatoms. The van der Waals surface area contributed by atoms with Crippen LogP contribution in [0.25, 0.3) is 11.3 Å². The molecule has 7 nitrogen and oxygen atoms in total. The van der Waals surface area contributed by atoms with Gasteiger partial charge in [-0.25, -0.2) is 9.59 Å². The first-order valence-electron chi connectivity index (χ1n) is 13.4. The lowest BCUT2D eigenvalue weighted by molar-refractivity contribution is -0.164. The Bertz CT molecular complexity index is 1450. The molecule has 0 amide bonds. The maximum absolute atomic E-state index is 13.6. The summed E-state index contributed by atoms with van der Waals surface area (Å²) in [7, 11) is 0. The molecular formula is C33H32N2O5. The van der Waals surface area contributed by atoms with E-state index in [0.29, 0.717) is 22.4 Å². The van der Waals surface area contributed by atoms with Crippen molar-refractivity contribution in [2.45, 2.75) is 25.0 Å². The van der Waals surface area contributed by atoms with Crippen LogP contribution in [0.5, 0.6) is 0 Å². The molecule has 2 heterocycles. The Morgan fingerprint density at radius 1 is 0.875 bits per heavy atom. The predicted octanol–water partition coefficient (Wildman–Crippen LogP) is 5.14. The standard InChI is InChI=1S/C33H32N2O5/c36-31(37)27-14-17-34-30(21-27)26-10-7-13-29(20-26)33(39,28-11-5-2-6-12-28)32(38)40-23-25-15-18-35(19-16-25)22-24-8-3-1-4-9-24/h1-14,17,20-21,25,39H,15-16,18-19,22-23H2,(H,36,37). The summed E-state index contributed by atoms with van der Waals surface area (Å²) in [6.45, 7) is 2.98. The number of benzene rings is 3. The molecule has 1 fully saturated rings. The van der Waals surface area contributed by atoms with Gasteiger partial charge in [0.2, 0.25) is 5.60 Å². The van der Waals surface area contributed by atoms with Gasteiger partial charge in [-0.3, -0.25) is 9.88 Å². The number of aliphatic hydroxyl groups is 1. The Morgan fingerprint density at radius 2 is 1.55 bits per heavy atom. The molecule has 0 radical (unpaired) electrons. The fourth-order valence-electron chi connectivity index (χ4n) is 5.16. The first kappa shape index (κ1) is 27.2. The largest absolute Gasteiger partial charge is 0.478 e. The summed E-state index contributed by atoms with van der Waals surface area (Å²) in [5, 5.41) is 21.4. The zero-order valence-electron chi connectivity index (χ0n) is 22.1. The van der Waals surface area contributed by atoms with E-state index in [0.717, 1.165) is 32.5 Å². The van der Waals surface area contributed by atoms with Gasteiger partial charge in [0.25, 0.3) is 0 Å². The van der Waals surface area contributed by atoms with E-state index < -0.39 is 17.5 Å². The Hall–Kier alpha value is -4.33. The molecule has 1 aliphatic heterocycles. The molecule has 1 aromatic heterocycles. The number of nitrogens with zero attached hydrogens (tertiary/aromatic N) is 2. The van der Waals surface area contributed by atoms with Crippen molar-refractivity contribution in [1.82, 2.24) is 9.88 Å². The van der Waals surface area contributed by atoms with Crippen LogP contribution < -0.4 is 0 Å². The summed E-state index contributed by atoms with van der Waals surface area (Å²) < 4.78 is 5.80. The van der Waals surface area contributed by atoms with Crippen LogP contribution in [0, 0.1) is 5.92 Å². The maximum atomic E-state index is 13.6. The number of carboxylic acid groups (broad SMARTS) is 1. The molecule has 0 bridgehead atoms. The lowest BCUT2D eigenvalue weighted by Crippen LogP contribution is -2.40. The zero-order chi connectivity index (χ0) is 28.0. The Morgan fingerprint density at radius 3 is 2.25 bits per heavy atom. The fraction of sp³-hybridized carbons (Fsp3) is 0.242. The molecule has 40 heavy (non-hydrogen) atoms. The zero-order valence-corrected chi connectivity index (χ0v) is 22.1. The number of carbonyl (C=O) groups is 2. The van der Waals surface area contributed by atoms with E-state index in [1.807, 2.05) is 12.1 Å². The van der Waals surface area contributed by atoms with Gasteiger partial charge in [-0.2, -0.15) is 0 Å². The Labute approximate surface area is 233 Å². The number of ether oxygens (including phenoxy) is 1. The minimum Gasteiger partial charge on any atom is -0.478 e. The van der Waals surface area contributed by atoms with Crippen molar-refractivity contribution in [1.29, 1.82) is 0 Å². The van der Waals surface area contributed by atoms with Gasteiger partial charge in [0, 0.05) is 23.9 Å². The van der Waals surface area contributed by atoms with E-state index in [1.54, 1.807) is 48.5 Å². The number of hydrogen-bond donors (Lipinski definition) is 2. The molecule has 0 spiro atoms. The van der Waals surface area contributed by atoms with Crippen LogP contribution >= 0.6 is 0 Å². The number of esters is 1. The first-order chi connectivity index (χ1) is 19.4. The maximum Gasteiger partial charge on any atom is 0.347 e. The van der Waals surface area contributed by atoms with E-state index >= 15 is 0 Å². The van der Waals surface area contributed by atoms with Gasteiger partial charge in [0.05, 0.1) is 17.9 Å². The molecule has 1 unspecified atom stereocenters. The third-order valence-corrected chi connectivity index (χ3v) is 7.48. The summed E-state index contributed by atoms with van der Waals surface area (Å²) in [4.78, 5) is 31.8. The van der Waals surface area contributed by atoms with Crippen molar-refractivity contribution in [3.8, 4) is 11.3 Å². The average molecular weight is 537 g/mol. The number of hydrogen-bond acceptors (Lipinski definition) is 6. The van der Waals surface area contributed by atoms with E-state index in [9.17, 15) is 19.8 Å². The lowest BCUT2D eigenvalue weighted by atomic mass is 9.85. The minimum absolute atomic E-state index is 0.1000. The third-order valence-electron chi connectivity index (χ3n) is 7.48. The molecular weight excluding hydrogens is 504 g/mol. The first-order valence-corrected chi connectivity index (χ1v) is 13.4. The van der Waals surface area contributed by atoms with Gasteiger partial charge in [-0.1, -0.05) is 78.9 Å². The van der Waals surface area contributed by atoms with Crippen LogP contribution in [0.4, 0.5) is 0 Å². The normalized spacial score (nSPS) is 15.7. The van der Waals surface area contributed by atoms with Gasteiger partial charge in [0.1, 0.15) is 0 Å². The van der Waals surface area contributed by atoms with Crippen LogP contribution in [0.2, 0.25) is 0 Å². The van der Waals surface area contributed by atoms with Crippen LogP contribution in [0.15, 0.2) is 103 Å². The Kier molecular flexibility index (Phi) is 8.34. The second kappa shape index (κ2) is 12.2. The number of pyridine rings is 1. The second-order valence-electron chi connectivity index (χ2n) is 10.2. The average Bonchev–Trinajstić information content (AvgIpc) is 3.01. The molecule has 5 rings (SSSR count). The van der Waals surface area contributed by atoms with Gasteiger partial charge >= 0.3 is 11.9 Å². The molecule has 1 atom stereocenters. The van der Waals surface area contributed by atoms with Crippen molar-refractivity contribution >= 4 is 11.9 Å². The topological polar surface area (TPSA) is 100.0 Å². The Balaban J connectivity index is 1.32. The lowest BCUT2D eigenvalue weighted by Gasteiger charge is -2.33. The van der Waals surface area contributed by atoms with Crippen molar-refractivity contribution in [3.63, 3.8) is 0 Å². The summed E-state index contributed by atoms with van der Waals surface area (Å²) in [5.74, 6) is -1.59. The van der Waals surface area contributed by atoms with Crippen molar-refractivity contribution < 1.29 is 24.5 Å². The molecule has 1 saturated heterocycles. The molecule has 0 aliphatic carbocycles. The highest BCUT2D eigenvalue weighted by Gasteiger charge is 2.42. The molecule has 0 saturated carbocycles. The predicted molar refractivity (Wildman–Crippen MR) is 151 cm³/mol.